The standard InChI is InChI=1S/C31H34N4O3S/c1-4-5-21-34(39(37,38)22-20-26-15-8-6-9-16-26)23-29(36)32-31-30(27-17-10-7-11-18-27)25(3)33-35(31)28-19-13-12-14-24(28)2/h6-20,22H,4-5,21,23H2,1-3H3,(H,32,36)/b22-20+. The molecule has 3 aromatic carbocycles. The van der Waals surface area contributed by atoms with E-state index in [0.29, 0.717) is 12.2 Å². The lowest BCUT2D eigenvalue weighted by Crippen LogP contribution is -2.38. The fraction of sp³-hybridized carbons (Fsp3) is 0.226. The van der Waals surface area contributed by atoms with Crippen molar-refractivity contribution in [3.05, 3.63) is 107 Å². The first-order chi connectivity index (χ1) is 18.8. The molecular formula is C31H34N4O3S. The third kappa shape index (κ3) is 6.90. The fourth-order valence-corrected chi connectivity index (χ4v) is 5.53. The van der Waals surface area contributed by atoms with E-state index in [2.05, 4.69) is 5.32 Å². The molecule has 0 spiro atoms. The summed E-state index contributed by atoms with van der Waals surface area (Å²) in [6.45, 7) is 5.80. The molecule has 1 heterocycles. The van der Waals surface area contributed by atoms with Crippen molar-refractivity contribution in [2.75, 3.05) is 18.4 Å². The van der Waals surface area contributed by atoms with Crippen LogP contribution in [0.5, 0.6) is 0 Å². The number of sulfonamides is 1. The summed E-state index contributed by atoms with van der Waals surface area (Å²) in [7, 11) is -3.84. The van der Waals surface area contributed by atoms with Crippen LogP contribution in [-0.4, -0.2) is 41.5 Å². The van der Waals surface area contributed by atoms with Crippen molar-refractivity contribution < 1.29 is 13.2 Å². The lowest BCUT2D eigenvalue weighted by Gasteiger charge is -2.20. The quantitative estimate of drug-likeness (QED) is 0.245. The second kappa shape index (κ2) is 12.7. The summed E-state index contributed by atoms with van der Waals surface area (Å²) in [5, 5.41) is 8.95. The Morgan fingerprint density at radius 1 is 0.949 bits per heavy atom. The number of aryl methyl sites for hydroxylation is 2. The molecule has 7 nitrogen and oxygen atoms in total. The molecule has 202 valence electrons. The Bertz CT molecular complexity index is 1550. The van der Waals surface area contributed by atoms with E-state index in [1.165, 1.54) is 9.71 Å². The minimum absolute atomic E-state index is 0.243. The summed E-state index contributed by atoms with van der Waals surface area (Å²) in [6, 6.07) is 26.8. The van der Waals surface area contributed by atoms with Crippen molar-refractivity contribution in [3.8, 4) is 16.8 Å². The Balaban J connectivity index is 1.67. The number of benzene rings is 3. The van der Waals surface area contributed by atoms with Crippen LogP contribution >= 0.6 is 0 Å². The molecule has 0 unspecified atom stereocenters. The van der Waals surface area contributed by atoms with E-state index in [1.54, 1.807) is 10.8 Å². The van der Waals surface area contributed by atoms with Crippen LogP contribution in [-0.2, 0) is 14.8 Å². The minimum atomic E-state index is -3.84. The zero-order chi connectivity index (χ0) is 27.8. The number of aromatic nitrogens is 2. The molecule has 0 aliphatic rings. The van der Waals surface area contributed by atoms with E-state index in [1.807, 2.05) is 106 Å². The second-order valence-electron chi connectivity index (χ2n) is 9.37. The number of carbonyl (C=O) groups excluding carboxylic acids is 1. The van der Waals surface area contributed by atoms with Gasteiger partial charge in [0.05, 0.1) is 17.9 Å². The summed E-state index contributed by atoms with van der Waals surface area (Å²) in [5.74, 6) is 0.0698. The molecule has 0 fully saturated rings. The predicted octanol–water partition coefficient (Wildman–Crippen LogP) is 6.20. The molecule has 4 rings (SSSR count). The zero-order valence-electron chi connectivity index (χ0n) is 22.5. The first-order valence-corrected chi connectivity index (χ1v) is 14.5. The second-order valence-corrected chi connectivity index (χ2v) is 11.2. The molecule has 8 heteroatoms. The van der Waals surface area contributed by atoms with Crippen LogP contribution < -0.4 is 5.32 Å². The largest absolute Gasteiger partial charge is 0.309 e. The van der Waals surface area contributed by atoms with Crippen molar-refractivity contribution in [1.29, 1.82) is 0 Å². The lowest BCUT2D eigenvalue weighted by molar-refractivity contribution is -0.116. The highest BCUT2D eigenvalue weighted by atomic mass is 32.2. The van der Waals surface area contributed by atoms with E-state index < -0.39 is 15.9 Å². The molecule has 0 bridgehead atoms. The third-order valence-electron chi connectivity index (χ3n) is 6.40. The number of nitrogens with one attached hydrogen (secondary N) is 1. The highest BCUT2D eigenvalue weighted by Gasteiger charge is 2.25. The maximum atomic E-state index is 13.5. The monoisotopic (exact) mass is 542 g/mol. The van der Waals surface area contributed by atoms with Gasteiger partial charge in [-0.05, 0) is 49.1 Å². The highest BCUT2D eigenvalue weighted by molar-refractivity contribution is 7.92. The topological polar surface area (TPSA) is 84.3 Å². The number of anilines is 1. The van der Waals surface area contributed by atoms with Crippen molar-refractivity contribution in [2.45, 2.75) is 33.6 Å². The van der Waals surface area contributed by atoms with Crippen LogP contribution in [0.15, 0.2) is 90.3 Å². The predicted molar refractivity (Wildman–Crippen MR) is 158 cm³/mol. The number of nitrogens with zero attached hydrogens (tertiary/aromatic N) is 3. The van der Waals surface area contributed by atoms with Crippen molar-refractivity contribution in [3.63, 3.8) is 0 Å². The number of rotatable bonds is 11. The molecule has 0 saturated heterocycles. The van der Waals surface area contributed by atoms with E-state index in [0.717, 1.165) is 40.1 Å². The van der Waals surface area contributed by atoms with Gasteiger partial charge in [-0.2, -0.15) is 9.40 Å². The average molecular weight is 543 g/mol. The molecular weight excluding hydrogens is 508 g/mol. The van der Waals surface area contributed by atoms with Crippen LogP contribution in [0.25, 0.3) is 22.9 Å². The van der Waals surface area contributed by atoms with Gasteiger partial charge in [0.25, 0.3) is 0 Å². The molecule has 0 aliphatic heterocycles. The number of para-hydroxylation sites is 1. The van der Waals surface area contributed by atoms with Gasteiger partial charge in [-0.1, -0.05) is 92.2 Å². The lowest BCUT2D eigenvalue weighted by atomic mass is 10.1. The zero-order valence-corrected chi connectivity index (χ0v) is 23.4. The maximum Gasteiger partial charge on any atom is 0.240 e. The van der Waals surface area contributed by atoms with Crippen molar-refractivity contribution in [2.24, 2.45) is 0 Å². The number of unbranched alkanes of at least 4 members (excludes halogenated alkanes) is 1. The van der Waals surface area contributed by atoms with E-state index in [9.17, 15) is 13.2 Å². The van der Waals surface area contributed by atoms with Gasteiger partial charge in [-0.15, -0.1) is 0 Å². The molecule has 0 radical (unpaired) electrons. The fourth-order valence-electron chi connectivity index (χ4n) is 4.35. The summed E-state index contributed by atoms with van der Waals surface area (Å²) in [5.41, 5.74) is 5.05. The van der Waals surface area contributed by atoms with Crippen LogP contribution in [0.2, 0.25) is 0 Å². The van der Waals surface area contributed by atoms with Gasteiger partial charge in [-0.3, -0.25) is 4.79 Å². The van der Waals surface area contributed by atoms with Crippen LogP contribution in [0.3, 0.4) is 0 Å². The first kappa shape index (κ1) is 28.0. The smallest absolute Gasteiger partial charge is 0.240 e. The summed E-state index contributed by atoms with van der Waals surface area (Å²) >= 11 is 0. The van der Waals surface area contributed by atoms with Gasteiger partial charge < -0.3 is 5.32 Å². The highest BCUT2D eigenvalue weighted by Crippen LogP contribution is 2.34. The van der Waals surface area contributed by atoms with Gasteiger partial charge in [-0.25, -0.2) is 13.1 Å². The molecule has 0 atom stereocenters. The van der Waals surface area contributed by atoms with Crippen LogP contribution in [0.1, 0.15) is 36.6 Å². The van der Waals surface area contributed by atoms with Crippen molar-refractivity contribution in [1.82, 2.24) is 14.1 Å². The first-order valence-electron chi connectivity index (χ1n) is 13.0. The van der Waals surface area contributed by atoms with Gasteiger partial charge >= 0.3 is 0 Å². The van der Waals surface area contributed by atoms with Crippen LogP contribution in [0, 0.1) is 13.8 Å². The molecule has 1 aromatic heterocycles. The van der Waals surface area contributed by atoms with Gasteiger partial charge in [0.15, 0.2) is 0 Å². The Kier molecular flexibility index (Phi) is 9.11. The number of hydrogen-bond acceptors (Lipinski definition) is 4. The third-order valence-corrected chi connectivity index (χ3v) is 7.91. The Morgan fingerprint density at radius 2 is 1.59 bits per heavy atom. The number of hydrogen-bond donors (Lipinski definition) is 1. The number of carbonyl (C=O) groups is 1. The van der Waals surface area contributed by atoms with Gasteiger partial charge in [0.1, 0.15) is 5.82 Å². The number of amides is 1. The molecule has 0 aliphatic carbocycles. The summed E-state index contributed by atoms with van der Waals surface area (Å²) < 4.78 is 29.5. The molecule has 39 heavy (non-hydrogen) atoms. The van der Waals surface area contributed by atoms with Crippen LogP contribution in [0.4, 0.5) is 5.82 Å². The Morgan fingerprint density at radius 3 is 2.26 bits per heavy atom. The van der Waals surface area contributed by atoms with Gasteiger partial charge in [0.2, 0.25) is 15.9 Å². The van der Waals surface area contributed by atoms with Gasteiger partial charge in [0, 0.05) is 17.5 Å². The minimum Gasteiger partial charge on any atom is -0.309 e. The van der Waals surface area contributed by atoms with E-state index in [4.69, 9.17) is 5.10 Å². The molecule has 4 aromatic rings. The molecule has 1 amide bonds. The molecule has 1 N–H and O–H groups in total. The average Bonchev–Trinajstić information content (AvgIpc) is 3.26. The molecule has 0 saturated carbocycles. The van der Waals surface area contributed by atoms with E-state index in [-0.39, 0.29) is 13.1 Å². The Labute approximate surface area is 230 Å². The van der Waals surface area contributed by atoms with E-state index >= 15 is 0 Å². The SMILES string of the molecule is CCCCN(CC(=O)Nc1c(-c2ccccc2)c(C)nn1-c1ccccc1C)S(=O)(=O)/C=C/c1ccccc1. The maximum absolute atomic E-state index is 13.5. The Hall–Kier alpha value is -4.01. The summed E-state index contributed by atoms with van der Waals surface area (Å²) in [4.78, 5) is 13.5. The van der Waals surface area contributed by atoms with Crippen molar-refractivity contribution >= 4 is 27.8 Å². The summed E-state index contributed by atoms with van der Waals surface area (Å²) in [6.07, 6.45) is 2.99. The normalized spacial score (nSPS) is 11.8.